The highest BCUT2D eigenvalue weighted by atomic mass is 79.9. The Kier molecular flexibility index (Phi) is 8.32. The second-order valence-corrected chi connectivity index (χ2v) is 3.52. The number of carbonyl (C=O) groups excluding carboxylic acids is 1. The summed E-state index contributed by atoms with van der Waals surface area (Å²) in [7, 11) is 0. The number of halogens is 1. The molecule has 94 valence electrons. The first-order valence-corrected chi connectivity index (χ1v) is 6.78. The molecule has 1 rings (SSSR count). The topological polar surface area (TPSA) is 42.0 Å². The fourth-order valence-electron chi connectivity index (χ4n) is 1.23. The summed E-state index contributed by atoms with van der Waals surface area (Å²) in [6, 6.07) is 1.91. The van der Waals surface area contributed by atoms with Crippen LogP contribution in [0.2, 0.25) is 0 Å². The maximum atomic E-state index is 11.1. The predicted octanol–water partition coefficient (Wildman–Crippen LogP) is 2.04. The number of hydrogen-bond donors (Lipinski definition) is 1. The van der Waals surface area contributed by atoms with E-state index in [9.17, 15) is 4.79 Å². The Hall–Kier alpha value is -1.16. The number of carbonyl (C=O) groups is 1. The van der Waals surface area contributed by atoms with Crippen molar-refractivity contribution >= 4 is 39.7 Å². The Labute approximate surface area is 111 Å². The number of pyridine rings is 1. The van der Waals surface area contributed by atoms with Crippen molar-refractivity contribution in [3.63, 3.8) is 0 Å². The second-order valence-electron chi connectivity index (χ2n) is 2.96. The van der Waals surface area contributed by atoms with Gasteiger partial charge in [0.05, 0.1) is 22.6 Å². The van der Waals surface area contributed by atoms with Crippen molar-refractivity contribution in [1.29, 1.82) is 0 Å². The molecule has 0 aromatic carbocycles. The molecule has 0 spiro atoms. The molecule has 1 heterocycles. The number of nitrogens with zero attached hydrogens (tertiary/aromatic N) is 1. The molecule has 0 atom stereocenters. The molecule has 0 saturated carbocycles. The normalized spacial score (nSPS) is 11.8. The summed E-state index contributed by atoms with van der Waals surface area (Å²) in [6.07, 6.45) is 5.56. The maximum absolute atomic E-state index is 11.1. The average molecular weight is 299 g/mol. The van der Waals surface area contributed by atoms with Gasteiger partial charge in [-0.15, -0.1) is 0 Å². The van der Waals surface area contributed by atoms with Crippen molar-refractivity contribution in [1.82, 2.24) is 4.98 Å². The Bertz CT molecular complexity index is 469. The number of nitrogens with one attached hydrogen (secondary N) is 1. The summed E-state index contributed by atoms with van der Waals surface area (Å²) in [6.45, 7) is 7.88. The van der Waals surface area contributed by atoms with Crippen LogP contribution in [0.3, 0.4) is 0 Å². The second kappa shape index (κ2) is 8.93. The molecule has 0 radical (unpaired) electrons. The van der Waals surface area contributed by atoms with Gasteiger partial charge in [-0.25, -0.2) is 0 Å². The van der Waals surface area contributed by atoms with Crippen LogP contribution in [0.1, 0.15) is 27.7 Å². The average Bonchev–Trinajstić information content (AvgIpc) is 2.40. The van der Waals surface area contributed by atoms with E-state index in [1.54, 1.807) is 6.20 Å². The predicted molar refractivity (Wildman–Crippen MR) is 77.5 cm³/mol. The Morgan fingerprint density at radius 2 is 2.06 bits per heavy atom. The van der Waals surface area contributed by atoms with Crippen molar-refractivity contribution in [2.75, 3.05) is 10.6 Å². The van der Waals surface area contributed by atoms with Crippen molar-refractivity contribution in [3.8, 4) is 0 Å². The minimum Gasteiger partial charge on any atom is -0.324 e. The lowest BCUT2D eigenvalue weighted by Crippen LogP contribution is -2.28. The van der Waals surface area contributed by atoms with Crippen LogP contribution in [-0.2, 0) is 4.79 Å². The highest BCUT2D eigenvalue weighted by Gasteiger charge is 1.99. The van der Waals surface area contributed by atoms with E-state index in [-0.39, 0.29) is 5.91 Å². The monoisotopic (exact) mass is 298 g/mol. The number of rotatable bonds is 2. The molecule has 0 saturated heterocycles. The van der Waals surface area contributed by atoms with Crippen molar-refractivity contribution < 1.29 is 4.79 Å². The fourth-order valence-corrected chi connectivity index (χ4v) is 1.37. The largest absolute Gasteiger partial charge is 0.324 e. The minimum absolute atomic E-state index is 0.0768. The maximum Gasteiger partial charge on any atom is 0.235 e. The molecule has 0 fully saturated rings. The zero-order chi connectivity index (χ0) is 13.3. The van der Waals surface area contributed by atoms with Gasteiger partial charge in [-0.3, -0.25) is 9.78 Å². The zero-order valence-corrected chi connectivity index (χ0v) is 12.3. The summed E-state index contributed by atoms with van der Waals surface area (Å²) >= 11 is 3.09. The summed E-state index contributed by atoms with van der Waals surface area (Å²) in [5.74, 6) is -0.0768. The molecule has 17 heavy (non-hydrogen) atoms. The number of anilines is 1. The number of hydrogen-bond acceptors (Lipinski definition) is 2. The Morgan fingerprint density at radius 1 is 1.41 bits per heavy atom. The molecule has 4 heteroatoms. The van der Waals surface area contributed by atoms with E-state index in [1.165, 1.54) is 0 Å². The van der Waals surface area contributed by atoms with E-state index < -0.39 is 0 Å². The third-order valence-corrected chi connectivity index (χ3v) is 2.45. The first-order chi connectivity index (χ1) is 8.21. The molecule has 1 aromatic heterocycles. The fraction of sp³-hybridized carbons (Fsp3) is 0.385. The van der Waals surface area contributed by atoms with E-state index >= 15 is 0 Å². The van der Waals surface area contributed by atoms with Crippen molar-refractivity contribution in [3.05, 3.63) is 22.8 Å². The molecule has 0 aliphatic heterocycles. The molecule has 0 unspecified atom stereocenters. The van der Waals surface area contributed by atoms with Crippen LogP contribution >= 0.6 is 15.9 Å². The van der Waals surface area contributed by atoms with E-state index in [1.807, 2.05) is 45.9 Å². The van der Waals surface area contributed by atoms with Gasteiger partial charge < -0.3 is 5.32 Å². The summed E-state index contributed by atoms with van der Waals surface area (Å²) in [4.78, 5) is 15.4. The molecular formula is C13H19BrN2O. The molecule has 0 bridgehead atoms. The Balaban J connectivity index is 0.00000121. The summed E-state index contributed by atoms with van der Waals surface area (Å²) in [5.41, 5.74) is 0.721. The lowest BCUT2D eigenvalue weighted by Gasteiger charge is -2.01. The van der Waals surface area contributed by atoms with Crippen LogP contribution in [0.25, 0.3) is 12.2 Å². The molecule has 1 N–H and O–H groups in total. The van der Waals surface area contributed by atoms with Gasteiger partial charge in [0.25, 0.3) is 0 Å². The van der Waals surface area contributed by atoms with E-state index in [2.05, 4.69) is 26.2 Å². The van der Waals surface area contributed by atoms with Gasteiger partial charge in [0.15, 0.2) is 0 Å². The van der Waals surface area contributed by atoms with Gasteiger partial charge in [0.1, 0.15) is 0 Å². The zero-order valence-electron chi connectivity index (χ0n) is 10.7. The van der Waals surface area contributed by atoms with Crippen molar-refractivity contribution in [2.45, 2.75) is 27.7 Å². The first-order valence-electron chi connectivity index (χ1n) is 5.65. The molecule has 3 nitrogen and oxygen atoms in total. The number of amides is 1. The highest BCUT2D eigenvalue weighted by molar-refractivity contribution is 9.09. The van der Waals surface area contributed by atoms with E-state index in [4.69, 9.17) is 0 Å². The van der Waals surface area contributed by atoms with E-state index in [0.29, 0.717) is 5.33 Å². The number of aromatic nitrogens is 1. The molecule has 0 aliphatic carbocycles. The minimum atomic E-state index is -0.0768. The van der Waals surface area contributed by atoms with Crippen molar-refractivity contribution in [2.24, 2.45) is 0 Å². The highest BCUT2D eigenvalue weighted by Crippen LogP contribution is 1.98. The van der Waals surface area contributed by atoms with Gasteiger partial charge in [-0.2, -0.15) is 0 Å². The van der Waals surface area contributed by atoms with Gasteiger partial charge in [0.2, 0.25) is 5.91 Å². The quantitative estimate of drug-likeness (QED) is 0.849. The third-order valence-electron chi connectivity index (χ3n) is 1.94. The van der Waals surface area contributed by atoms with Gasteiger partial charge in [-0.05, 0) is 25.1 Å². The summed E-state index contributed by atoms with van der Waals surface area (Å²) in [5, 5.41) is 4.97. The molecular weight excluding hydrogens is 280 g/mol. The van der Waals surface area contributed by atoms with Gasteiger partial charge >= 0.3 is 0 Å². The first kappa shape index (κ1) is 15.8. The molecule has 1 aromatic rings. The van der Waals surface area contributed by atoms with Gasteiger partial charge in [-0.1, -0.05) is 41.9 Å². The van der Waals surface area contributed by atoms with Crippen LogP contribution in [-0.4, -0.2) is 16.2 Å². The van der Waals surface area contributed by atoms with Crippen LogP contribution < -0.4 is 15.9 Å². The van der Waals surface area contributed by atoms with Crippen LogP contribution in [0, 0.1) is 0 Å². The van der Waals surface area contributed by atoms with Crippen LogP contribution in [0.15, 0.2) is 12.3 Å². The standard InChI is InChI=1S/C11H13BrN2O.C2H6/c1-3-8-5-9(14-11(15)6-12)7-13-10(8)4-2;1-2/h3-5,7H,6H2,1-2H3,(H,14,15);1-2H3/b8-3-,10-4+;. The smallest absolute Gasteiger partial charge is 0.235 e. The lowest BCUT2D eigenvalue weighted by molar-refractivity contribution is -0.113. The van der Waals surface area contributed by atoms with Crippen LogP contribution in [0.4, 0.5) is 5.69 Å². The summed E-state index contributed by atoms with van der Waals surface area (Å²) < 4.78 is 0. The SMILES string of the molecule is C/C=c1/cc(NC(=O)CBr)cn/c1=C/C.CC. The van der Waals surface area contributed by atoms with Gasteiger partial charge in [0, 0.05) is 0 Å². The van der Waals surface area contributed by atoms with Crippen LogP contribution in [0.5, 0.6) is 0 Å². The van der Waals surface area contributed by atoms with E-state index in [0.717, 1.165) is 16.3 Å². The molecule has 0 aliphatic rings. The Morgan fingerprint density at radius 3 is 2.53 bits per heavy atom. The molecule has 1 amide bonds. The number of alkyl halides is 1. The third kappa shape index (κ3) is 5.13. The lowest BCUT2D eigenvalue weighted by atomic mass is 10.3.